The lowest BCUT2D eigenvalue weighted by Gasteiger charge is -2.34. The second-order valence-electron chi connectivity index (χ2n) is 12.5. The normalized spacial score (nSPS) is 15.4. The predicted molar refractivity (Wildman–Crippen MR) is 197 cm³/mol. The number of piperazine rings is 1. The Morgan fingerprint density at radius 3 is 2.24 bits per heavy atom. The molecule has 3 aromatic carbocycles. The molecule has 2 amide bonds. The highest BCUT2D eigenvalue weighted by Crippen LogP contribution is 2.48. The van der Waals surface area contributed by atoms with Gasteiger partial charge in [-0.05, 0) is 49.2 Å². The zero-order chi connectivity index (χ0) is 34.8. The Bertz CT molecular complexity index is 2080. The number of methoxy groups -OCH3 is 3. The number of nitrogens with zero attached hydrogens (tertiary/aromatic N) is 5. The van der Waals surface area contributed by atoms with Crippen LogP contribution in [0.15, 0.2) is 72.9 Å². The topological polar surface area (TPSA) is 89.4 Å². The molecule has 0 spiro atoms. The van der Waals surface area contributed by atoms with E-state index in [1.165, 1.54) is 0 Å². The summed E-state index contributed by atoms with van der Waals surface area (Å²) in [7, 11) is 4.75. The zero-order valence-corrected chi connectivity index (χ0v) is 29.3. The standard InChI is InChI=1S/C39H40ClN5O5/c1-48-32-24-27(12-15-33(46)44-22-20-42(21-23-44)25-34(47)43-18-6-7-19-43)36(39(50-3)38(32)49-2)45-31-9-5-4-8-29(31)30-16-17-41-35(37(30)45)26-10-13-28(40)14-11-26/h4-5,8-17,24H,6-7,18-23,25H2,1-3H3/b15-12+. The maximum absolute atomic E-state index is 13.7. The second-order valence-corrected chi connectivity index (χ2v) is 13.0. The molecule has 0 atom stereocenters. The number of carbonyl (C=O) groups is 2. The number of benzene rings is 3. The van der Waals surface area contributed by atoms with Crippen molar-refractivity contribution in [1.29, 1.82) is 0 Å². The Morgan fingerprint density at radius 2 is 1.54 bits per heavy atom. The third-order valence-electron chi connectivity index (χ3n) is 9.66. The minimum Gasteiger partial charge on any atom is -0.493 e. The van der Waals surface area contributed by atoms with E-state index in [1.807, 2.05) is 70.6 Å². The molecule has 7 rings (SSSR count). The van der Waals surface area contributed by atoms with Crippen LogP contribution >= 0.6 is 11.6 Å². The second kappa shape index (κ2) is 14.4. The van der Waals surface area contributed by atoms with Crippen molar-refractivity contribution in [2.45, 2.75) is 12.8 Å². The molecule has 0 radical (unpaired) electrons. The molecule has 2 aromatic heterocycles. The Labute approximate surface area is 296 Å². The average Bonchev–Trinajstić information content (AvgIpc) is 3.81. The summed E-state index contributed by atoms with van der Waals surface area (Å²) in [6.07, 6.45) is 7.37. The van der Waals surface area contributed by atoms with E-state index in [9.17, 15) is 9.59 Å². The van der Waals surface area contributed by atoms with Crippen LogP contribution in [0.4, 0.5) is 0 Å². The highest BCUT2D eigenvalue weighted by molar-refractivity contribution is 6.30. The van der Waals surface area contributed by atoms with Gasteiger partial charge in [-0.3, -0.25) is 19.5 Å². The lowest BCUT2D eigenvalue weighted by Crippen LogP contribution is -2.51. The first kappa shape index (κ1) is 33.4. The van der Waals surface area contributed by atoms with Gasteiger partial charge in [0, 0.05) is 78.5 Å². The molecule has 0 N–H and O–H groups in total. The van der Waals surface area contributed by atoms with Gasteiger partial charge in [-0.15, -0.1) is 0 Å². The van der Waals surface area contributed by atoms with E-state index in [2.05, 4.69) is 21.6 Å². The van der Waals surface area contributed by atoms with E-state index in [4.69, 9.17) is 30.8 Å². The Kier molecular flexibility index (Phi) is 9.65. The van der Waals surface area contributed by atoms with Gasteiger partial charge in [-0.25, -0.2) is 0 Å². The monoisotopic (exact) mass is 693 g/mol. The molecule has 10 nitrogen and oxygen atoms in total. The molecule has 0 saturated carbocycles. The number of para-hydroxylation sites is 1. The summed E-state index contributed by atoms with van der Waals surface area (Å²) < 4.78 is 19.9. The lowest BCUT2D eigenvalue weighted by molar-refractivity contribution is -0.132. The number of ether oxygens (including phenoxy) is 3. The summed E-state index contributed by atoms with van der Waals surface area (Å²) >= 11 is 6.27. The fourth-order valence-corrected chi connectivity index (χ4v) is 7.26. The number of carbonyl (C=O) groups excluding carboxylic acids is 2. The van der Waals surface area contributed by atoms with Crippen molar-refractivity contribution in [3.8, 4) is 34.2 Å². The molecule has 5 aromatic rings. The van der Waals surface area contributed by atoms with Gasteiger partial charge in [0.15, 0.2) is 11.5 Å². The minimum absolute atomic E-state index is 0.110. The molecule has 4 heterocycles. The molecule has 2 aliphatic rings. The molecule has 0 bridgehead atoms. The van der Waals surface area contributed by atoms with Crippen molar-refractivity contribution < 1.29 is 23.8 Å². The molecule has 2 saturated heterocycles. The number of fused-ring (bicyclic) bond motifs is 3. The largest absolute Gasteiger partial charge is 0.493 e. The van der Waals surface area contributed by atoms with E-state index in [0.717, 1.165) is 59.0 Å². The maximum atomic E-state index is 13.7. The molecule has 2 fully saturated rings. The van der Waals surface area contributed by atoms with E-state index in [-0.39, 0.29) is 11.8 Å². The zero-order valence-electron chi connectivity index (χ0n) is 28.5. The summed E-state index contributed by atoms with van der Waals surface area (Å²) in [4.78, 5) is 37.1. The number of likely N-dealkylation sites (tertiary alicyclic amines) is 1. The molecule has 11 heteroatoms. The van der Waals surface area contributed by atoms with Crippen LogP contribution in [0.1, 0.15) is 18.4 Å². The van der Waals surface area contributed by atoms with Gasteiger partial charge in [-0.2, -0.15) is 0 Å². The van der Waals surface area contributed by atoms with Crippen LogP contribution in [0.5, 0.6) is 17.2 Å². The number of amides is 2. The highest BCUT2D eigenvalue weighted by Gasteiger charge is 2.28. The van der Waals surface area contributed by atoms with Gasteiger partial charge in [0.1, 0.15) is 5.69 Å². The van der Waals surface area contributed by atoms with Crippen molar-refractivity contribution in [3.05, 3.63) is 83.5 Å². The molecule has 0 aliphatic carbocycles. The van der Waals surface area contributed by atoms with E-state index in [0.29, 0.717) is 66.2 Å². The van der Waals surface area contributed by atoms with Crippen LogP contribution in [0.25, 0.3) is 44.8 Å². The molecule has 50 heavy (non-hydrogen) atoms. The number of aromatic nitrogens is 2. The van der Waals surface area contributed by atoms with Crippen molar-refractivity contribution in [2.75, 3.05) is 67.1 Å². The van der Waals surface area contributed by atoms with Crippen molar-refractivity contribution >= 4 is 51.3 Å². The van der Waals surface area contributed by atoms with Crippen molar-refractivity contribution in [3.63, 3.8) is 0 Å². The van der Waals surface area contributed by atoms with Crippen LogP contribution in [0.3, 0.4) is 0 Å². The maximum Gasteiger partial charge on any atom is 0.246 e. The van der Waals surface area contributed by atoms with Crippen molar-refractivity contribution in [1.82, 2.24) is 24.3 Å². The van der Waals surface area contributed by atoms with Crippen LogP contribution in [0.2, 0.25) is 5.02 Å². The predicted octanol–water partition coefficient (Wildman–Crippen LogP) is 6.30. The molecular formula is C39H40ClN5O5. The van der Waals surface area contributed by atoms with Gasteiger partial charge in [0.05, 0.1) is 44.6 Å². The smallest absolute Gasteiger partial charge is 0.246 e. The summed E-state index contributed by atoms with van der Waals surface area (Å²) in [5.41, 5.74) is 4.82. The van der Waals surface area contributed by atoms with Gasteiger partial charge in [0.2, 0.25) is 17.6 Å². The van der Waals surface area contributed by atoms with Gasteiger partial charge in [0.25, 0.3) is 0 Å². The average molecular weight is 694 g/mol. The third kappa shape index (κ3) is 6.25. The van der Waals surface area contributed by atoms with Crippen LogP contribution < -0.4 is 14.2 Å². The molecule has 2 aliphatic heterocycles. The number of pyridine rings is 1. The SMILES string of the molecule is COc1cc(/C=C/C(=O)N2CCN(CC(=O)N3CCCC3)CC2)c(-n2c3ccccc3c3ccnc(-c4ccc(Cl)cc4)c32)c(OC)c1OC. The van der Waals surface area contributed by atoms with Gasteiger partial charge in [-0.1, -0.05) is 41.9 Å². The van der Waals surface area contributed by atoms with E-state index < -0.39 is 0 Å². The quantitative estimate of drug-likeness (QED) is 0.167. The van der Waals surface area contributed by atoms with Gasteiger partial charge < -0.3 is 28.6 Å². The number of rotatable bonds is 9. The fraction of sp³-hybridized carbons (Fsp3) is 0.308. The number of hydrogen-bond donors (Lipinski definition) is 0. The summed E-state index contributed by atoms with van der Waals surface area (Å²) in [6.45, 7) is 4.48. The van der Waals surface area contributed by atoms with Gasteiger partial charge >= 0.3 is 0 Å². The van der Waals surface area contributed by atoms with Crippen molar-refractivity contribution in [2.24, 2.45) is 0 Å². The molecule has 258 valence electrons. The van der Waals surface area contributed by atoms with Crippen LogP contribution in [-0.2, 0) is 9.59 Å². The van der Waals surface area contributed by atoms with Crippen LogP contribution in [-0.4, -0.2) is 103 Å². The Morgan fingerprint density at radius 1 is 0.820 bits per heavy atom. The first-order chi connectivity index (χ1) is 24.4. The first-order valence-electron chi connectivity index (χ1n) is 16.9. The first-order valence-corrected chi connectivity index (χ1v) is 17.2. The lowest BCUT2D eigenvalue weighted by atomic mass is 10.1. The van der Waals surface area contributed by atoms with Crippen LogP contribution in [0, 0.1) is 0 Å². The summed E-state index contributed by atoms with van der Waals surface area (Å²) in [5.74, 6) is 1.41. The van der Waals surface area contributed by atoms with E-state index >= 15 is 0 Å². The summed E-state index contributed by atoms with van der Waals surface area (Å²) in [5, 5.41) is 2.67. The fourth-order valence-electron chi connectivity index (χ4n) is 7.13. The molecule has 0 unspecified atom stereocenters. The Hall–Kier alpha value is -5.06. The van der Waals surface area contributed by atoms with E-state index in [1.54, 1.807) is 27.4 Å². The summed E-state index contributed by atoms with van der Waals surface area (Å²) in [6, 6.07) is 19.7. The highest BCUT2D eigenvalue weighted by atomic mass is 35.5. The minimum atomic E-state index is -0.110. The number of halogens is 1. The number of hydrogen-bond acceptors (Lipinski definition) is 7. The third-order valence-corrected chi connectivity index (χ3v) is 9.92. The Balaban J connectivity index is 1.30. The molecular weight excluding hydrogens is 654 g/mol.